The van der Waals surface area contributed by atoms with Gasteiger partial charge in [-0.1, -0.05) is 18.2 Å². The SMILES string of the molecule is O=C1C(c2ccccc2)=[N+]([O-])[N+]([O-])=C1c1ccc(S(=O)(=O)O)cc1. The fourth-order valence-electron chi connectivity index (χ4n) is 2.33. The molecule has 1 heterocycles. The summed E-state index contributed by atoms with van der Waals surface area (Å²) in [6.07, 6.45) is 0. The molecule has 2 aromatic carbocycles. The maximum absolute atomic E-state index is 12.5. The third kappa shape index (κ3) is 2.55. The topological polar surface area (TPSA) is 124 Å². The van der Waals surface area contributed by atoms with Crippen LogP contribution < -0.4 is 0 Å². The third-order valence-corrected chi connectivity index (χ3v) is 4.32. The highest BCUT2D eigenvalue weighted by atomic mass is 32.2. The first-order valence-corrected chi connectivity index (χ1v) is 8.11. The van der Waals surface area contributed by atoms with Crippen LogP contribution in [0.4, 0.5) is 0 Å². The van der Waals surface area contributed by atoms with Crippen molar-refractivity contribution in [1.29, 1.82) is 0 Å². The van der Waals surface area contributed by atoms with Gasteiger partial charge in [-0.2, -0.15) is 8.42 Å². The zero-order chi connectivity index (χ0) is 17.5. The van der Waals surface area contributed by atoms with E-state index in [9.17, 15) is 23.6 Å². The Labute approximate surface area is 136 Å². The summed E-state index contributed by atoms with van der Waals surface area (Å²) < 4.78 is 31.0. The number of carbonyl (C=O) groups excluding carboxylic acids is 1. The first-order chi connectivity index (χ1) is 11.3. The highest BCUT2D eigenvalue weighted by Gasteiger charge is 2.45. The third-order valence-electron chi connectivity index (χ3n) is 3.45. The minimum Gasteiger partial charge on any atom is -0.561 e. The fraction of sp³-hybridized carbons (Fsp3) is 0. The van der Waals surface area contributed by atoms with Gasteiger partial charge in [-0.3, -0.25) is 9.35 Å². The molecule has 24 heavy (non-hydrogen) atoms. The maximum atomic E-state index is 12.5. The van der Waals surface area contributed by atoms with Gasteiger partial charge in [-0.25, -0.2) is 0 Å². The molecule has 0 atom stereocenters. The smallest absolute Gasteiger partial charge is 0.349 e. The molecule has 0 saturated carbocycles. The number of nitrogens with zero attached hydrogens (tertiary/aromatic N) is 2. The van der Waals surface area contributed by atoms with Gasteiger partial charge < -0.3 is 10.4 Å². The molecule has 1 aliphatic rings. The van der Waals surface area contributed by atoms with Crippen LogP contribution in [0.25, 0.3) is 0 Å². The van der Waals surface area contributed by atoms with Gasteiger partial charge in [-0.05, 0) is 36.4 Å². The van der Waals surface area contributed by atoms with Crippen molar-refractivity contribution in [3.63, 3.8) is 0 Å². The van der Waals surface area contributed by atoms with E-state index in [2.05, 4.69) is 0 Å². The zero-order valence-electron chi connectivity index (χ0n) is 12.0. The number of carbonyl (C=O) groups is 1. The van der Waals surface area contributed by atoms with E-state index < -0.39 is 21.6 Å². The Kier molecular flexibility index (Phi) is 3.66. The van der Waals surface area contributed by atoms with Crippen LogP contribution in [-0.2, 0) is 14.9 Å². The van der Waals surface area contributed by atoms with Gasteiger partial charge in [0.15, 0.2) is 0 Å². The average Bonchev–Trinajstić information content (AvgIpc) is 2.77. The van der Waals surface area contributed by atoms with E-state index in [1.165, 1.54) is 24.3 Å². The quantitative estimate of drug-likeness (QED) is 0.496. The van der Waals surface area contributed by atoms with Crippen molar-refractivity contribution in [2.45, 2.75) is 4.90 Å². The summed E-state index contributed by atoms with van der Waals surface area (Å²) in [5.74, 6) is -0.772. The molecule has 0 aromatic heterocycles. The van der Waals surface area contributed by atoms with Crippen molar-refractivity contribution in [1.82, 2.24) is 0 Å². The molecule has 9 heteroatoms. The van der Waals surface area contributed by atoms with Crippen LogP contribution >= 0.6 is 0 Å². The molecular formula is C15H10N2O6S. The number of hydrazine groups is 1. The molecule has 0 unspecified atom stereocenters. The van der Waals surface area contributed by atoms with E-state index in [1.54, 1.807) is 18.2 Å². The molecular weight excluding hydrogens is 336 g/mol. The Morgan fingerprint density at radius 1 is 0.792 bits per heavy atom. The number of rotatable bonds is 3. The molecule has 3 rings (SSSR count). The molecule has 2 aromatic rings. The molecule has 0 aliphatic carbocycles. The van der Waals surface area contributed by atoms with E-state index in [0.29, 0.717) is 5.56 Å². The van der Waals surface area contributed by atoms with Crippen molar-refractivity contribution in [3.05, 3.63) is 76.1 Å². The molecule has 0 fully saturated rings. The summed E-state index contributed by atoms with van der Waals surface area (Å²) in [7, 11) is -4.40. The number of Topliss-reactive ketones (excluding diaryl/α,β-unsaturated/α-hetero) is 1. The molecule has 1 aliphatic heterocycles. The van der Waals surface area contributed by atoms with Crippen LogP contribution in [0.5, 0.6) is 0 Å². The lowest BCUT2D eigenvalue weighted by molar-refractivity contribution is -1.05. The van der Waals surface area contributed by atoms with Gasteiger partial charge in [0.2, 0.25) is 0 Å². The predicted octanol–water partition coefficient (Wildman–Crippen LogP) is 0.730. The van der Waals surface area contributed by atoms with E-state index >= 15 is 0 Å². The lowest BCUT2D eigenvalue weighted by atomic mass is 10.00. The van der Waals surface area contributed by atoms with Crippen LogP contribution in [0, 0.1) is 10.4 Å². The highest BCUT2D eigenvalue weighted by molar-refractivity contribution is 7.85. The Hall–Kier alpha value is -3.04. The molecule has 0 spiro atoms. The average molecular weight is 346 g/mol. The lowest BCUT2D eigenvalue weighted by Gasteiger charge is -1.99. The molecule has 1 N–H and O–H groups in total. The lowest BCUT2D eigenvalue weighted by Crippen LogP contribution is -2.23. The van der Waals surface area contributed by atoms with Crippen molar-refractivity contribution in [2.75, 3.05) is 0 Å². The Bertz CT molecular complexity index is 992. The van der Waals surface area contributed by atoms with Crippen molar-refractivity contribution in [2.24, 2.45) is 0 Å². The molecule has 0 saturated heterocycles. The largest absolute Gasteiger partial charge is 0.561 e. The van der Waals surface area contributed by atoms with Crippen LogP contribution in [0.3, 0.4) is 0 Å². The number of benzene rings is 2. The van der Waals surface area contributed by atoms with Crippen LogP contribution in [0.15, 0.2) is 59.5 Å². The van der Waals surface area contributed by atoms with Crippen LogP contribution in [-0.4, -0.2) is 39.9 Å². The van der Waals surface area contributed by atoms with E-state index in [0.717, 1.165) is 12.1 Å². The van der Waals surface area contributed by atoms with Gasteiger partial charge in [-0.15, -0.1) is 0 Å². The fourth-order valence-corrected chi connectivity index (χ4v) is 2.81. The standard InChI is InChI=1S/C15H10N2O6S/c18-15-13(10-4-2-1-3-5-10)16(19)17(20)14(15)11-6-8-12(9-7-11)24(21,22)23/h1-9H,(H,21,22,23). The van der Waals surface area contributed by atoms with E-state index in [-0.39, 0.29) is 25.9 Å². The van der Waals surface area contributed by atoms with Crippen molar-refractivity contribution < 1.29 is 27.5 Å². The monoisotopic (exact) mass is 346 g/mol. The Morgan fingerprint density at radius 2 is 1.25 bits per heavy atom. The molecule has 8 nitrogen and oxygen atoms in total. The Balaban J connectivity index is 2.04. The van der Waals surface area contributed by atoms with Gasteiger partial charge >= 0.3 is 17.2 Å². The zero-order valence-corrected chi connectivity index (χ0v) is 12.8. The summed E-state index contributed by atoms with van der Waals surface area (Å²) in [6.45, 7) is 0. The second-order valence-electron chi connectivity index (χ2n) is 4.94. The first-order valence-electron chi connectivity index (χ1n) is 6.67. The summed E-state index contributed by atoms with van der Waals surface area (Å²) >= 11 is 0. The van der Waals surface area contributed by atoms with Crippen molar-refractivity contribution >= 4 is 27.3 Å². The Morgan fingerprint density at radius 3 is 1.71 bits per heavy atom. The second-order valence-corrected chi connectivity index (χ2v) is 6.36. The van der Waals surface area contributed by atoms with Crippen LogP contribution in [0.1, 0.15) is 11.1 Å². The summed E-state index contributed by atoms with van der Waals surface area (Å²) in [5.41, 5.74) is -0.387. The first kappa shape index (κ1) is 15.8. The molecule has 0 bridgehead atoms. The minimum atomic E-state index is -4.40. The van der Waals surface area contributed by atoms with Gasteiger partial charge in [0.05, 0.1) is 25.7 Å². The summed E-state index contributed by atoms with van der Waals surface area (Å²) in [5, 5.41) is 24.1. The number of hydrogen-bond acceptors (Lipinski definition) is 5. The minimum absolute atomic E-state index is 0.0519. The van der Waals surface area contributed by atoms with E-state index in [1.807, 2.05) is 0 Å². The molecule has 0 radical (unpaired) electrons. The number of ketones is 1. The second kappa shape index (κ2) is 5.55. The van der Waals surface area contributed by atoms with Crippen molar-refractivity contribution in [3.8, 4) is 0 Å². The molecule has 122 valence electrons. The maximum Gasteiger partial charge on any atom is 0.349 e. The highest BCUT2D eigenvalue weighted by Crippen LogP contribution is 2.16. The van der Waals surface area contributed by atoms with Gasteiger partial charge in [0.1, 0.15) is 0 Å². The number of hydrogen-bond donors (Lipinski definition) is 1. The van der Waals surface area contributed by atoms with Gasteiger partial charge in [0.25, 0.3) is 10.1 Å². The van der Waals surface area contributed by atoms with Gasteiger partial charge in [0, 0.05) is 0 Å². The normalized spacial score (nSPS) is 15.3. The summed E-state index contributed by atoms with van der Waals surface area (Å²) in [6, 6.07) is 12.4. The van der Waals surface area contributed by atoms with E-state index in [4.69, 9.17) is 4.55 Å². The molecule has 0 amide bonds. The summed E-state index contributed by atoms with van der Waals surface area (Å²) in [4.78, 5) is 12.0. The van der Waals surface area contributed by atoms with Crippen LogP contribution in [0.2, 0.25) is 0 Å². The number of hydrazone groups is 2. The predicted molar refractivity (Wildman–Crippen MR) is 83.2 cm³/mol.